The van der Waals surface area contributed by atoms with E-state index in [1.165, 1.54) is 5.06 Å². The van der Waals surface area contributed by atoms with Gasteiger partial charge in [0.25, 0.3) is 5.91 Å². The number of amides is 1. The van der Waals surface area contributed by atoms with Crippen LogP contribution in [0.25, 0.3) is 0 Å². The zero-order valence-electron chi connectivity index (χ0n) is 13.2. The molecule has 4 rings (SSSR count). The van der Waals surface area contributed by atoms with Gasteiger partial charge in [0.15, 0.2) is 11.5 Å². The van der Waals surface area contributed by atoms with Crippen LogP contribution in [0.3, 0.4) is 0 Å². The summed E-state index contributed by atoms with van der Waals surface area (Å²) in [6.45, 7) is 2.49. The molecule has 0 bridgehead atoms. The van der Waals surface area contributed by atoms with Gasteiger partial charge >= 0.3 is 0 Å². The third-order valence-electron chi connectivity index (χ3n) is 3.92. The molecule has 2 atom stereocenters. The maximum atomic E-state index is 12.6. The normalized spacial score (nSPS) is 22.5. The summed E-state index contributed by atoms with van der Waals surface area (Å²) in [5.74, 6) is 1.16. The first-order valence-corrected chi connectivity index (χ1v) is 7.79. The average Bonchev–Trinajstić information content (AvgIpc) is 3.09. The fourth-order valence-corrected chi connectivity index (χ4v) is 2.73. The second-order valence-electron chi connectivity index (χ2n) is 5.73. The molecule has 0 aromatic heterocycles. The van der Waals surface area contributed by atoms with Crippen molar-refractivity contribution in [3.63, 3.8) is 0 Å². The van der Waals surface area contributed by atoms with Gasteiger partial charge in [-0.2, -0.15) is 0 Å². The molecule has 2 aliphatic heterocycles. The molecule has 0 saturated carbocycles. The lowest BCUT2D eigenvalue weighted by Crippen LogP contribution is -2.44. The molecule has 124 valence electrons. The molecule has 1 saturated heterocycles. The van der Waals surface area contributed by atoms with Crippen molar-refractivity contribution < 1.29 is 23.8 Å². The van der Waals surface area contributed by atoms with Gasteiger partial charge in [-0.05, 0) is 37.3 Å². The fourth-order valence-electron chi connectivity index (χ4n) is 2.73. The predicted octanol–water partition coefficient (Wildman–Crippen LogP) is 2.91. The van der Waals surface area contributed by atoms with Gasteiger partial charge < -0.3 is 14.2 Å². The first-order valence-electron chi connectivity index (χ1n) is 7.79. The van der Waals surface area contributed by atoms with Crippen LogP contribution in [0.5, 0.6) is 11.5 Å². The van der Waals surface area contributed by atoms with Crippen LogP contribution in [0.4, 0.5) is 0 Å². The number of hydrogen-bond donors (Lipinski definition) is 0. The van der Waals surface area contributed by atoms with Crippen molar-refractivity contribution in [2.45, 2.75) is 19.3 Å². The van der Waals surface area contributed by atoms with Gasteiger partial charge in [-0.1, -0.05) is 18.2 Å². The zero-order chi connectivity index (χ0) is 16.5. The van der Waals surface area contributed by atoms with E-state index < -0.39 is 6.29 Å². The average molecular weight is 327 g/mol. The van der Waals surface area contributed by atoms with E-state index in [4.69, 9.17) is 19.0 Å². The minimum atomic E-state index is -0.670. The van der Waals surface area contributed by atoms with Crippen LogP contribution in [0.1, 0.15) is 29.1 Å². The van der Waals surface area contributed by atoms with Gasteiger partial charge in [-0.15, -0.1) is 0 Å². The van der Waals surface area contributed by atoms with E-state index in [-0.39, 0.29) is 18.8 Å². The minimum absolute atomic E-state index is 0.151. The van der Waals surface area contributed by atoms with Crippen LogP contribution in [0.15, 0.2) is 48.5 Å². The molecule has 0 radical (unpaired) electrons. The largest absolute Gasteiger partial charge is 0.454 e. The molecule has 2 aliphatic rings. The maximum Gasteiger partial charge on any atom is 0.277 e. The number of nitrogens with zero attached hydrogens (tertiary/aromatic N) is 1. The van der Waals surface area contributed by atoms with Crippen LogP contribution < -0.4 is 9.47 Å². The molecule has 0 N–H and O–H groups in total. The Morgan fingerprint density at radius 2 is 1.88 bits per heavy atom. The summed E-state index contributed by atoms with van der Waals surface area (Å²) in [5, 5.41) is 1.36. The fraction of sp³-hybridized carbons (Fsp3) is 0.278. The molecule has 1 amide bonds. The number of hydroxylamine groups is 2. The van der Waals surface area contributed by atoms with E-state index in [0.717, 1.165) is 5.56 Å². The summed E-state index contributed by atoms with van der Waals surface area (Å²) in [6, 6.07) is 14.5. The Morgan fingerprint density at radius 1 is 1.08 bits per heavy atom. The lowest BCUT2D eigenvalue weighted by atomic mass is 10.2. The number of fused-ring (bicyclic) bond motifs is 1. The summed E-state index contributed by atoms with van der Waals surface area (Å²) in [6.07, 6.45) is -0.822. The second kappa shape index (κ2) is 6.14. The van der Waals surface area contributed by atoms with Crippen molar-refractivity contribution in [3.8, 4) is 11.5 Å². The highest BCUT2D eigenvalue weighted by atomic mass is 16.8. The maximum absolute atomic E-state index is 12.6. The van der Waals surface area contributed by atoms with Gasteiger partial charge in [0.05, 0.1) is 12.6 Å². The molecule has 0 spiro atoms. The van der Waals surface area contributed by atoms with E-state index in [1.54, 1.807) is 12.1 Å². The van der Waals surface area contributed by atoms with Gasteiger partial charge in [-0.25, -0.2) is 9.90 Å². The summed E-state index contributed by atoms with van der Waals surface area (Å²) in [5.41, 5.74) is 1.35. The molecule has 1 fully saturated rings. The number of rotatable bonds is 2. The Kier molecular flexibility index (Phi) is 3.84. The quantitative estimate of drug-likeness (QED) is 0.849. The van der Waals surface area contributed by atoms with Gasteiger partial charge in [-0.3, -0.25) is 4.79 Å². The smallest absolute Gasteiger partial charge is 0.277 e. The SMILES string of the molecule is C[C@@H]1CN(C(=O)c2ccccc2)O[C@H](c2ccc3c(c2)OCO3)O1. The second-order valence-corrected chi connectivity index (χ2v) is 5.73. The van der Waals surface area contributed by atoms with Crippen molar-refractivity contribution in [3.05, 3.63) is 59.7 Å². The van der Waals surface area contributed by atoms with Crippen molar-refractivity contribution in [2.24, 2.45) is 0 Å². The van der Waals surface area contributed by atoms with E-state index >= 15 is 0 Å². The third-order valence-corrected chi connectivity index (χ3v) is 3.92. The van der Waals surface area contributed by atoms with Crippen LogP contribution in [0.2, 0.25) is 0 Å². The first kappa shape index (κ1) is 15.0. The predicted molar refractivity (Wildman–Crippen MR) is 84.4 cm³/mol. The van der Waals surface area contributed by atoms with E-state index in [9.17, 15) is 4.79 Å². The Bertz CT molecular complexity index is 748. The van der Waals surface area contributed by atoms with Gasteiger partial charge in [0, 0.05) is 11.1 Å². The van der Waals surface area contributed by atoms with E-state index in [1.807, 2.05) is 43.3 Å². The Hall–Kier alpha value is -2.57. The van der Waals surface area contributed by atoms with Crippen LogP contribution in [-0.2, 0) is 9.57 Å². The molecule has 0 aliphatic carbocycles. The Labute approximate surface area is 139 Å². The first-order chi connectivity index (χ1) is 11.7. The van der Waals surface area contributed by atoms with E-state index in [0.29, 0.717) is 23.6 Å². The van der Waals surface area contributed by atoms with E-state index in [2.05, 4.69) is 0 Å². The summed E-state index contributed by atoms with van der Waals surface area (Å²) < 4.78 is 16.5. The molecule has 6 nitrogen and oxygen atoms in total. The molecule has 2 aromatic carbocycles. The van der Waals surface area contributed by atoms with Gasteiger partial charge in [0.1, 0.15) is 0 Å². The Morgan fingerprint density at radius 3 is 2.71 bits per heavy atom. The number of hydrogen-bond acceptors (Lipinski definition) is 5. The summed E-state index contributed by atoms with van der Waals surface area (Å²) >= 11 is 0. The molecule has 6 heteroatoms. The molecular formula is C18H17NO5. The molecule has 0 unspecified atom stereocenters. The topological polar surface area (TPSA) is 57.2 Å². The van der Waals surface area contributed by atoms with Crippen LogP contribution in [0, 0.1) is 0 Å². The highest BCUT2D eigenvalue weighted by molar-refractivity contribution is 5.93. The molecule has 2 aromatic rings. The van der Waals surface area contributed by atoms with Crippen molar-refractivity contribution in [1.29, 1.82) is 0 Å². The van der Waals surface area contributed by atoms with Crippen LogP contribution >= 0.6 is 0 Å². The lowest BCUT2D eigenvalue weighted by Gasteiger charge is -2.36. The van der Waals surface area contributed by atoms with Crippen molar-refractivity contribution in [2.75, 3.05) is 13.3 Å². The number of carbonyl (C=O) groups excluding carboxylic acids is 1. The zero-order valence-corrected chi connectivity index (χ0v) is 13.2. The minimum Gasteiger partial charge on any atom is -0.454 e. The molecule has 24 heavy (non-hydrogen) atoms. The Balaban J connectivity index is 1.56. The highest BCUT2D eigenvalue weighted by Crippen LogP contribution is 2.36. The lowest BCUT2D eigenvalue weighted by molar-refractivity contribution is -0.320. The van der Waals surface area contributed by atoms with Crippen molar-refractivity contribution >= 4 is 5.91 Å². The van der Waals surface area contributed by atoms with Gasteiger partial charge in [0.2, 0.25) is 13.1 Å². The standard InChI is InChI=1S/C18H17NO5/c1-12-10-19(17(20)13-5-3-2-4-6-13)24-18(23-12)14-7-8-15-16(9-14)22-11-21-15/h2-9,12,18H,10-11H2,1H3/t12-,18-/m1/s1. The molecular weight excluding hydrogens is 310 g/mol. The summed E-state index contributed by atoms with van der Waals surface area (Å²) in [4.78, 5) is 18.4. The third kappa shape index (κ3) is 2.81. The monoisotopic (exact) mass is 327 g/mol. The highest BCUT2D eigenvalue weighted by Gasteiger charge is 2.32. The van der Waals surface area contributed by atoms with Crippen molar-refractivity contribution in [1.82, 2.24) is 5.06 Å². The summed E-state index contributed by atoms with van der Waals surface area (Å²) in [7, 11) is 0. The molecule has 2 heterocycles. The van der Waals surface area contributed by atoms with Crippen LogP contribution in [-0.4, -0.2) is 30.4 Å². The number of carbonyl (C=O) groups is 1. The number of benzene rings is 2. The number of ether oxygens (including phenoxy) is 3.